The summed E-state index contributed by atoms with van der Waals surface area (Å²) in [5.41, 5.74) is 6.81. The van der Waals surface area contributed by atoms with Gasteiger partial charge in [-0.1, -0.05) is 42.1 Å². The maximum absolute atomic E-state index is 13.1. The van der Waals surface area contributed by atoms with Crippen LogP contribution in [0.2, 0.25) is 0 Å². The Bertz CT molecular complexity index is 809. The van der Waals surface area contributed by atoms with Gasteiger partial charge in [-0.15, -0.1) is 0 Å². The van der Waals surface area contributed by atoms with E-state index in [2.05, 4.69) is 4.99 Å². The predicted molar refractivity (Wildman–Crippen MR) is 95.7 cm³/mol. The van der Waals surface area contributed by atoms with Crippen LogP contribution in [0.15, 0.2) is 59.6 Å². The van der Waals surface area contributed by atoms with Crippen molar-refractivity contribution in [3.05, 3.63) is 66.0 Å². The summed E-state index contributed by atoms with van der Waals surface area (Å²) in [5.74, 6) is -1.13. The zero-order valence-corrected chi connectivity index (χ0v) is 14.1. The minimum absolute atomic E-state index is 0.0370. The summed E-state index contributed by atoms with van der Waals surface area (Å²) in [6.45, 7) is 0.345. The molecule has 1 atom stereocenters. The second-order valence-corrected chi connectivity index (χ2v) is 6.72. The monoisotopic (exact) mass is 357 g/mol. The van der Waals surface area contributed by atoms with Crippen LogP contribution < -0.4 is 5.73 Å². The number of nitrogens with zero attached hydrogens (tertiary/aromatic N) is 2. The summed E-state index contributed by atoms with van der Waals surface area (Å²) in [7, 11) is 0. The number of primary amides is 1. The van der Waals surface area contributed by atoms with Gasteiger partial charge in [-0.2, -0.15) is 0 Å². The van der Waals surface area contributed by atoms with Gasteiger partial charge in [-0.3, -0.25) is 14.5 Å². The van der Waals surface area contributed by atoms with E-state index < -0.39 is 11.2 Å². The van der Waals surface area contributed by atoms with Gasteiger partial charge in [-0.25, -0.2) is 9.38 Å². The second kappa shape index (κ2) is 7.48. The summed E-state index contributed by atoms with van der Waals surface area (Å²) in [6, 6.07) is 15.1. The Labute approximate surface area is 148 Å². The highest BCUT2D eigenvalue weighted by Crippen LogP contribution is 2.30. The molecule has 2 aromatic rings. The maximum Gasteiger partial charge on any atom is 0.231 e. The summed E-state index contributed by atoms with van der Waals surface area (Å²) >= 11 is 1.16. The van der Waals surface area contributed by atoms with E-state index in [-0.39, 0.29) is 18.1 Å². The van der Waals surface area contributed by atoms with Crippen LogP contribution in [0.4, 0.5) is 10.1 Å². The summed E-state index contributed by atoms with van der Waals surface area (Å²) < 4.78 is 13.1. The molecular formula is C18H16FN3O2S. The topological polar surface area (TPSA) is 75.8 Å². The number of rotatable bonds is 4. The van der Waals surface area contributed by atoms with E-state index in [0.29, 0.717) is 17.4 Å². The lowest BCUT2D eigenvalue weighted by atomic mass is 10.2. The molecule has 2 amide bonds. The lowest BCUT2D eigenvalue weighted by Gasteiger charge is -2.31. The molecule has 2 N–H and O–H groups in total. The molecule has 1 aliphatic heterocycles. The first-order valence-corrected chi connectivity index (χ1v) is 8.55. The molecule has 1 fully saturated rings. The van der Waals surface area contributed by atoms with Crippen molar-refractivity contribution in [2.24, 2.45) is 10.7 Å². The van der Waals surface area contributed by atoms with Gasteiger partial charge in [-0.05, 0) is 29.8 Å². The fraction of sp³-hybridized carbons (Fsp3) is 0.167. The number of carbonyl (C=O) groups excluding carboxylic acids is 2. The van der Waals surface area contributed by atoms with E-state index in [1.165, 1.54) is 29.2 Å². The van der Waals surface area contributed by atoms with Crippen molar-refractivity contribution in [3.63, 3.8) is 0 Å². The third kappa shape index (κ3) is 4.24. The number of halogens is 1. The zero-order valence-electron chi connectivity index (χ0n) is 13.3. The number of thioether (sulfide) groups is 1. The van der Waals surface area contributed by atoms with Crippen LogP contribution in [-0.4, -0.2) is 27.1 Å². The normalized spacial score (nSPS) is 19.2. The van der Waals surface area contributed by atoms with E-state index in [0.717, 1.165) is 17.3 Å². The van der Waals surface area contributed by atoms with E-state index in [4.69, 9.17) is 5.73 Å². The van der Waals surface area contributed by atoms with Crippen molar-refractivity contribution in [3.8, 4) is 0 Å². The Morgan fingerprint density at radius 3 is 2.52 bits per heavy atom. The molecule has 2 aromatic carbocycles. The molecule has 1 aliphatic rings. The Kier molecular flexibility index (Phi) is 5.14. The highest BCUT2D eigenvalue weighted by molar-refractivity contribution is 8.15. The third-order valence-corrected chi connectivity index (χ3v) is 4.90. The van der Waals surface area contributed by atoms with Crippen LogP contribution in [0.1, 0.15) is 12.0 Å². The number of benzene rings is 2. The molecule has 1 unspecified atom stereocenters. The van der Waals surface area contributed by atoms with Gasteiger partial charge in [0.25, 0.3) is 0 Å². The van der Waals surface area contributed by atoms with Gasteiger partial charge in [0.15, 0.2) is 5.17 Å². The number of amides is 2. The molecule has 3 rings (SSSR count). The largest absolute Gasteiger partial charge is 0.369 e. The van der Waals surface area contributed by atoms with E-state index in [1.807, 2.05) is 30.3 Å². The molecule has 1 heterocycles. The van der Waals surface area contributed by atoms with Crippen LogP contribution >= 0.6 is 11.8 Å². The fourth-order valence-corrected chi connectivity index (χ4v) is 3.45. The quantitative estimate of drug-likeness (QED) is 0.914. The van der Waals surface area contributed by atoms with Gasteiger partial charge >= 0.3 is 0 Å². The number of hydrogen-bond donors (Lipinski definition) is 1. The number of nitrogens with two attached hydrogens (primary N) is 1. The number of hydrogen-bond acceptors (Lipinski definition) is 4. The third-order valence-electron chi connectivity index (χ3n) is 3.69. The van der Waals surface area contributed by atoms with Crippen molar-refractivity contribution in [2.75, 3.05) is 0 Å². The first kappa shape index (κ1) is 17.2. The SMILES string of the molecule is NC(=O)C1CC(=O)N(Cc2ccccc2)C(=Nc2ccc(F)cc2)S1. The van der Waals surface area contributed by atoms with Crippen molar-refractivity contribution in [1.29, 1.82) is 0 Å². The minimum Gasteiger partial charge on any atom is -0.369 e. The first-order chi connectivity index (χ1) is 12.0. The number of amidine groups is 1. The van der Waals surface area contributed by atoms with Crippen molar-refractivity contribution < 1.29 is 14.0 Å². The maximum atomic E-state index is 13.1. The summed E-state index contributed by atoms with van der Waals surface area (Å²) in [5, 5.41) is -0.269. The fourth-order valence-electron chi connectivity index (χ4n) is 2.40. The molecule has 128 valence electrons. The minimum atomic E-state index is -0.654. The Morgan fingerprint density at radius 1 is 1.20 bits per heavy atom. The molecule has 0 spiro atoms. The molecule has 1 saturated heterocycles. The van der Waals surface area contributed by atoms with Crippen LogP contribution in [0.3, 0.4) is 0 Å². The van der Waals surface area contributed by atoms with Gasteiger partial charge in [0.1, 0.15) is 5.82 Å². The lowest BCUT2D eigenvalue weighted by molar-refractivity contribution is -0.130. The van der Waals surface area contributed by atoms with Gasteiger partial charge in [0, 0.05) is 6.42 Å². The molecule has 25 heavy (non-hydrogen) atoms. The van der Waals surface area contributed by atoms with Gasteiger partial charge < -0.3 is 5.73 Å². The molecule has 5 nitrogen and oxygen atoms in total. The van der Waals surface area contributed by atoms with Crippen LogP contribution in [-0.2, 0) is 16.1 Å². The van der Waals surface area contributed by atoms with Crippen LogP contribution in [0.25, 0.3) is 0 Å². The Morgan fingerprint density at radius 2 is 1.88 bits per heavy atom. The first-order valence-electron chi connectivity index (χ1n) is 7.67. The van der Waals surface area contributed by atoms with E-state index in [9.17, 15) is 14.0 Å². The standard InChI is InChI=1S/C18H16FN3O2S/c19-13-6-8-14(9-7-13)21-18-22(11-12-4-2-1-3-5-12)16(23)10-15(25-18)17(20)24/h1-9,15H,10-11H2,(H2,20,24). The van der Waals surface area contributed by atoms with Crippen molar-refractivity contribution in [2.45, 2.75) is 18.2 Å². The smallest absolute Gasteiger partial charge is 0.231 e. The zero-order chi connectivity index (χ0) is 17.8. The average molecular weight is 357 g/mol. The molecule has 0 saturated carbocycles. The Balaban J connectivity index is 1.93. The highest BCUT2D eigenvalue weighted by atomic mass is 32.2. The molecule has 0 bridgehead atoms. The lowest BCUT2D eigenvalue weighted by Crippen LogP contribution is -2.45. The Hall–Kier alpha value is -2.67. The number of carbonyl (C=O) groups is 2. The van der Waals surface area contributed by atoms with Gasteiger partial charge in [0.05, 0.1) is 17.5 Å². The predicted octanol–water partition coefficient (Wildman–Crippen LogP) is 2.83. The highest BCUT2D eigenvalue weighted by Gasteiger charge is 2.34. The van der Waals surface area contributed by atoms with Crippen molar-refractivity contribution >= 4 is 34.4 Å². The molecular weight excluding hydrogens is 341 g/mol. The van der Waals surface area contributed by atoms with Gasteiger partial charge in [0.2, 0.25) is 11.8 Å². The summed E-state index contributed by atoms with van der Waals surface area (Å²) in [6.07, 6.45) is 0.0370. The van der Waals surface area contributed by atoms with E-state index >= 15 is 0 Å². The molecule has 0 aliphatic carbocycles. The molecule has 0 radical (unpaired) electrons. The van der Waals surface area contributed by atoms with Crippen LogP contribution in [0, 0.1) is 5.82 Å². The molecule has 0 aromatic heterocycles. The molecule has 7 heteroatoms. The van der Waals surface area contributed by atoms with Crippen LogP contribution in [0.5, 0.6) is 0 Å². The average Bonchev–Trinajstić information content (AvgIpc) is 2.60. The van der Waals surface area contributed by atoms with E-state index in [1.54, 1.807) is 0 Å². The second-order valence-electron chi connectivity index (χ2n) is 5.55. The van der Waals surface area contributed by atoms with Crippen molar-refractivity contribution in [1.82, 2.24) is 4.90 Å². The summed E-state index contributed by atoms with van der Waals surface area (Å²) in [4.78, 5) is 30.0. The number of aliphatic imine (C=N–C) groups is 1.